The fraction of sp³-hybridized carbons (Fsp3) is 0.308. The number of benzene rings is 2. The molecular formula is C26H29NO5. The van der Waals surface area contributed by atoms with Crippen LogP contribution in [0.3, 0.4) is 0 Å². The zero-order valence-corrected chi connectivity index (χ0v) is 19.1. The van der Waals surface area contributed by atoms with E-state index in [0.29, 0.717) is 41.2 Å². The lowest BCUT2D eigenvalue weighted by molar-refractivity contribution is -0.130. The van der Waals surface area contributed by atoms with Gasteiger partial charge in [-0.2, -0.15) is 0 Å². The summed E-state index contributed by atoms with van der Waals surface area (Å²) in [4.78, 5) is 16.4. The Morgan fingerprint density at radius 3 is 2.50 bits per heavy atom. The number of rotatable bonds is 9. The average molecular weight is 436 g/mol. The van der Waals surface area contributed by atoms with Gasteiger partial charge >= 0.3 is 5.97 Å². The fourth-order valence-corrected chi connectivity index (χ4v) is 3.33. The molecular weight excluding hydrogens is 406 g/mol. The highest BCUT2D eigenvalue weighted by atomic mass is 16.5. The third-order valence-electron chi connectivity index (χ3n) is 5.18. The van der Waals surface area contributed by atoms with E-state index >= 15 is 0 Å². The fourth-order valence-electron chi connectivity index (χ4n) is 3.33. The summed E-state index contributed by atoms with van der Waals surface area (Å²) >= 11 is 0. The second-order valence-corrected chi connectivity index (χ2v) is 7.83. The molecule has 3 aromatic rings. The van der Waals surface area contributed by atoms with Crippen LogP contribution in [-0.4, -0.2) is 22.7 Å². The summed E-state index contributed by atoms with van der Waals surface area (Å²) in [5.41, 5.74) is 4.11. The van der Waals surface area contributed by atoms with Gasteiger partial charge < -0.3 is 19.0 Å². The number of carboxylic acid groups (broad SMARTS) is 1. The average Bonchev–Trinajstić information content (AvgIpc) is 3.14. The van der Waals surface area contributed by atoms with Crippen LogP contribution in [0.5, 0.6) is 5.75 Å². The summed E-state index contributed by atoms with van der Waals surface area (Å²) in [6.45, 7) is 10.3. The maximum Gasteiger partial charge on any atom is 0.339 e. The van der Waals surface area contributed by atoms with Crippen molar-refractivity contribution in [1.82, 2.24) is 4.98 Å². The van der Waals surface area contributed by atoms with Crippen LogP contribution in [0.4, 0.5) is 0 Å². The number of aliphatic carboxylic acids is 1. The molecule has 6 heteroatoms. The van der Waals surface area contributed by atoms with Gasteiger partial charge in [-0.3, -0.25) is 0 Å². The predicted octanol–water partition coefficient (Wildman–Crippen LogP) is 6.12. The van der Waals surface area contributed by atoms with Crippen LogP contribution in [0.2, 0.25) is 0 Å². The standard InChI is InChI=1S/C26H29NO5/c1-6-30-14-21(26(28)29)24-17(4)8-7-9-23(24)31-15-22-18(5)32-25(27-22)20-12-10-19(11-13-20)16(2)3/h7-14,16H,6,15H2,1-5H3,(H,28,29). The van der Waals surface area contributed by atoms with Gasteiger partial charge in [0.05, 0.1) is 12.9 Å². The van der Waals surface area contributed by atoms with E-state index in [9.17, 15) is 9.90 Å². The Morgan fingerprint density at radius 2 is 1.88 bits per heavy atom. The number of carboxylic acids is 1. The molecule has 6 nitrogen and oxygen atoms in total. The van der Waals surface area contributed by atoms with E-state index in [1.165, 1.54) is 11.8 Å². The molecule has 0 saturated carbocycles. The minimum atomic E-state index is -1.08. The first-order valence-electron chi connectivity index (χ1n) is 10.7. The lowest BCUT2D eigenvalue weighted by atomic mass is 10.0. The summed E-state index contributed by atoms with van der Waals surface area (Å²) in [5.74, 6) is 1.01. The lowest BCUT2D eigenvalue weighted by Gasteiger charge is -2.14. The second-order valence-electron chi connectivity index (χ2n) is 7.83. The van der Waals surface area contributed by atoms with Gasteiger partial charge in [-0.1, -0.05) is 38.1 Å². The first kappa shape index (κ1) is 23.1. The largest absolute Gasteiger partial charge is 0.501 e. The van der Waals surface area contributed by atoms with Crippen molar-refractivity contribution < 1.29 is 23.8 Å². The molecule has 0 unspecified atom stereocenters. The van der Waals surface area contributed by atoms with Gasteiger partial charge in [0, 0.05) is 11.1 Å². The van der Waals surface area contributed by atoms with Crippen molar-refractivity contribution in [2.75, 3.05) is 6.61 Å². The van der Waals surface area contributed by atoms with Gasteiger partial charge in [-0.25, -0.2) is 9.78 Å². The molecule has 1 aromatic heterocycles. The van der Waals surface area contributed by atoms with Crippen LogP contribution >= 0.6 is 0 Å². The molecule has 0 radical (unpaired) electrons. The summed E-state index contributed by atoms with van der Waals surface area (Å²) in [7, 11) is 0. The highest BCUT2D eigenvalue weighted by Crippen LogP contribution is 2.31. The predicted molar refractivity (Wildman–Crippen MR) is 124 cm³/mol. The van der Waals surface area contributed by atoms with Gasteiger partial charge in [0.1, 0.15) is 29.4 Å². The SMILES string of the molecule is CCOC=C(C(=O)O)c1c(C)cccc1OCc1nc(-c2ccc(C(C)C)cc2)oc1C. The molecule has 2 aromatic carbocycles. The molecule has 1 N–H and O–H groups in total. The number of aromatic nitrogens is 1. The van der Waals surface area contributed by atoms with Gasteiger partial charge in [-0.15, -0.1) is 0 Å². The highest BCUT2D eigenvalue weighted by molar-refractivity contribution is 6.16. The summed E-state index contributed by atoms with van der Waals surface area (Å²) < 4.78 is 17.1. The summed E-state index contributed by atoms with van der Waals surface area (Å²) in [5, 5.41) is 9.68. The Labute approximate surface area is 188 Å². The highest BCUT2D eigenvalue weighted by Gasteiger charge is 2.20. The minimum Gasteiger partial charge on any atom is -0.501 e. The Kier molecular flexibility index (Phi) is 7.36. The van der Waals surface area contributed by atoms with E-state index < -0.39 is 5.97 Å². The number of nitrogens with zero attached hydrogens (tertiary/aromatic N) is 1. The van der Waals surface area contributed by atoms with E-state index in [2.05, 4.69) is 31.0 Å². The summed E-state index contributed by atoms with van der Waals surface area (Å²) in [6, 6.07) is 13.6. The van der Waals surface area contributed by atoms with Crippen molar-refractivity contribution >= 4 is 11.5 Å². The van der Waals surface area contributed by atoms with Crippen LogP contribution in [0.1, 0.15) is 54.8 Å². The van der Waals surface area contributed by atoms with E-state index in [1.807, 2.05) is 38.1 Å². The lowest BCUT2D eigenvalue weighted by Crippen LogP contribution is -2.07. The molecule has 0 atom stereocenters. The van der Waals surface area contributed by atoms with Crippen molar-refractivity contribution in [3.8, 4) is 17.2 Å². The van der Waals surface area contributed by atoms with Gasteiger partial charge in [0.15, 0.2) is 0 Å². The smallest absolute Gasteiger partial charge is 0.339 e. The third kappa shape index (κ3) is 5.19. The van der Waals surface area contributed by atoms with Gasteiger partial charge in [-0.05, 0) is 56.0 Å². The van der Waals surface area contributed by atoms with Crippen LogP contribution in [0.25, 0.3) is 17.0 Å². The Morgan fingerprint density at radius 1 is 1.16 bits per heavy atom. The Balaban J connectivity index is 1.85. The number of oxazole rings is 1. The topological polar surface area (TPSA) is 81.8 Å². The number of hydrogen-bond donors (Lipinski definition) is 1. The van der Waals surface area contributed by atoms with Crippen LogP contribution in [0, 0.1) is 13.8 Å². The van der Waals surface area contributed by atoms with Crippen LogP contribution in [-0.2, 0) is 16.1 Å². The zero-order chi connectivity index (χ0) is 23.3. The first-order valence-corrected chi connectivity index (χ1v) is 10.7. The van der Waals surface area contributed by atoms with Crippen molar-refractivity contribution in [2.24, 2.45) is 0 Å². The third-order valence-corrected chi connectivity index (χ3v) is 5.18. The normalized spacial score (nSPS) is 11.6. The van der Waals surface area contributed by atoms with Crippen molar-refractivity contribution in [3.05, 3.63) is 76.9 Å². The molecule has 1 heterocycles. The Bertz CT molecular complexity index is 1110. The van der Waals surface area contributed by atoms with E-state index in [-0.39, 0.29) is 12.2 Å². The molecule has 0 aliphatic carbocycles. The van der Waals surface area contributed by atoms with E-state index in [1.54, 1.807) is 13.0 Å². The number of hydrogen-bond acceptors (Lipinski definition) is 5. The molecule has 0 amide bonds. The molecule has 0 spiro atoms. The molecule has 3 rings (SSSR count). The maximum atomic E-state index is 11.8. The number of ether oxygens (including phenoxy) is 2. The van der Waals surface area contributed by atoms with E-state index in [4.69, 9.17) is 13.9 Å². The number of carbonyl (C=O) groups is 1. The van der Waals surface area contributed by atoms with Gasteiger partial charge in [0.25, 0.3) is 0 Å². The molecule has 0 saturated heterocycles. The quantitative estimate of drug-likeness (QED) is 0.322. The summed E-state index contributed by atoms with van der Waals surface area (Å²) in [6.07, 6.45) is 1.26. The first-order chi connectivity index (χ1) is 15.3. The van der Waals surface area contributed by atoms with Gasteiger partial charge in [0.2, 0.25) is 5.89 Å². The molecule has 0 aliphatic rings. The van der Waals surface area contributed by atoms with Crippen LogP contribution in [0.15, 0.2) is 53.1 Å². The van der Waals surface area contributed by atoms with Crippen LogP contribution < -0.4 is 4.74 Å². The second kappa shape index (κ2) is 10.2. The molecule has 168 valence electrons. The molecule has 32 heavy (non-hydrogen) atoms. The molecule has 0 bridgehead atoms. The van der Waals surface area contributed by atoms with E-state index in [0.717, 1.165) is 11.1 Å². The monoisotopic (exact) mass is 435 g/mol. The zero-order valence-electron chi connectivity index (χ0n) is 19.1. The van der Waals surface area contributed by atoms with Crippen molar-refractivity contribution in [2.45, 2.75) is 47.1 Å². The Hall–Kier alpha value is -3.54. The maximum absolute atomic E-state index is 11.8. The molecule has 0 aliphatic heterocycles. The minimum absolute atomic E-state index is 0.0442. The molecule has 0 fully saturated rings. The van der Waals surface area contributed by atoms with Crippen molar-refractivity contribution in [3.63, 3.8) is 0 Å². The number of aryl methyl sites for hydroxylation is 2. The van der Waals surface area contributed by atoms with Crippen molar-refractivity contribution in [1.29, 1.82) is 0 Å².